The minimum Gasteiger partial charge on any atom is -0.345 e. The van der Waals surface area contributed by atoms with E-state index in [1.807, 2.05) is 30.1 Å². The SMILES string of the molecule is CN(CCc1ccccc1)C(=O)C1CCCC1CN. The summed E-state index contributed by atoms with van der Waals surface area (Å²) in [6, 6.07) is 10.3. The van der Waals surface area contributed by atoms with Crippen LogP contribution in [0.1, 0.15) is 24.8 Å². The number of hydrogen-bond acceptors (Lipinski definition) is 2. The van der Waals surface area contributed by atoms with Gasteiger partial charge in [0.1, 0.15) is 0 Å². The van der Waals surface area contributed by atoms with E-state index in [1.54, 1.807) is 0 Å². The van der Waals surface area contributed by atoms with Crippen LogP contribution in [0.2, 0.25) is 0 Å². The van der Waals surface area contributed by atoms with E-state index >= 15 is 0 Å². The van der Waals surface area contributed by atoms with Crippen LogP contribution in [0.3, 0.4) is 0 Å². The van der Waals surface area contributed by atoms with Crippen LogP contribution >= 0.6 is 0 Å². The zero-order chi connectivity index (χ0) is 13.7. The van der Waals surface area contributed by atoms with Crippen molar-refractivity contribution in [2.45, 2.75) is 25.7 Å². The molecule has 3 heteroatoms. The molecule has 1 aliphatic rings. The van der Waals surface area contributed by atoms with E-state index < -0.39 is 0 Å². The summed E-state index contributed by atoms with van der Waals surface area (Å²) in [5.41, 5.74) is 7.04. The van der Waals surface area contributed by atoms with Gasteiger partial charge in [0, 0.05) is 19.5 Å². The van der Waals surface area contributed by atoms with Crippen LogP contribution in [0.25, 0.3) is 0 Å². The molecule has 0 saturated heterocycles. The Labute approximate surface area is 115 Å². The predicted octanol–water partition coefficient (Wildman–Crippen LogP) is 2.06. The molecule has 0 radical (unpaired) electrons. The lowest BCUT2D eigenvalue weighted by Crippen LogP contribution is -2.37. The van der Waals surface area contributed by atoms with E-state index in [9.17, 15) is 4.79 Å². The third-order valence-electron chi connectivity index (χ3n) is 4.23. The summed E-state index contributed by atoms with van der Waals surface area (Å²) in [6.45, 7) is 1.43. The fourth-order valence-electron chi connectivity index (χ4n) is 2.98. The smallest absolute Gasteiger partial charge is 0.225 e. The molecule has 0 aromatic heterocycles. The van der Waals surface area contributed by atoms with Crippen molar-refractivity contribution in [3.63, 3.8) is 0 Å². The lowest BCUT2D eigenvalue weighted by molar-refractivity contribution is -0.135. The first-order valence-electron chi connectivity index (χ1n) is 7.21. The van der Waals surface area contributed by atoms with Crippen molar-refractivity contribution in [2.75, 3.05) is 20.1 Å². The molecule has 1 aliphatic carbocycles. The summed E-state index contributed by atoms with van der Waals surface area (Å²) in [5, 5.41) is 0. The third kappa shape index (κ3) is 3.57. The van der Waals surface area contributed by atoms with E-state index in [1.165, 1.54) is 5.56 Å². The van der Waals surface area contributed by atoms with E-state index in [4.69, 9.17) is 5.73 Å². The Kier molecular flexibility index (Phi) is 4.97. The molecule has 1 aromatic carbocycles. The number of carbonyl (C=O) groups excluding carboxylic acids is 1. The average Bonchev–Trinajstić information content (AvgIpc) is 2.93. The number of rotatable bonds is 5. The molecule has 2 N–H and O–H groups in total. The number of amides is 1. The molecule has 0 aliphatic heterocycles. The highest BCUT2D eigenvalue weighted by atomic mass is 16.2. The lowest BCUT2D eigenvalue weighted by Gasteiger charge is -2.24. The van der Waals surface area contributed by atoms with Crippen molar-refractivity contribution in [2.24, 2.45) is 17.6 Å². The van der Waals surface area contributed by atoms with Gasteiger partial charge < -0.3 is 10.6 Å². The molecule has 0 bridgehead atoms. The number of benzene rings is 1. The molecule has 104 valence electrons. The third-order valence-corrected chi connectivity index (χ3v) is 4.23. The van der Waals surface area contributed by atoms with Gasteiger partial charge in [0.25, 0.3) is 0 Å². The summed E-state index contributed by atoms with van der Waals surface area (Å²) < 4.78 is 0. The molecule has 1 saturated carbocycles. The van der Waals surface area contributed by atoms with E-state index in [2.05, 4.69) is 12.1 Å². The first-order chi connectivity index (χ1) is 9.22. The molecular formula is C16H24N2O. The lowest BCUT2D eigenvalue weighted by atomic mass is 9.95. The number of carbonyl (C=O) groups is 1. The van der Waals surface area contributed by atoms with Gasteiger partial charge in [-0.1, -0.05) is 36.8 Å². The van der Waals surface area contributed by atoms with Gasteiger partial charge in [0.2, 0.25) is 5.91 Å². The monoisotopic (exact) mass is 260 g/mol. The Hall–Kier alpha value is -1.35. The van der Waals surface area contributed by atoms with E-state index in [-0.39, 0.29) is 11.8 Å². The largest absolute Gasteiger partial charge is 0.345 e. The molecule has 1 aromatic rings. The van der Waals surface area contributed by atoms with Crippen LogP contribution in [0.5, 0.6) is 0 Å². The van der Waals surface area contributed by atoms with Crippen molar-refractivity contribution in [3.05, 3.63) is 35.9 Å². The highest BCUT2D eigenvalue weighted by molar-refractivity contribution is 5.79. The van der Waals surface area contributed by atoms with Crippen molar-refractivity contribution >= 4 is 5.91 Å². The fraction of sp³-hybridized carbons (Fsp3) is 0.562. The number of likely N-dealkylation sites (N-methyl/N-ethyl adjacent to an activating group) is 1. The minimum atomic E-state index is 0.158. The first-order valence-corrected chi connectivity index (χ1v) is 7.21. The number of nitrogens with two attached hydrogens (primary N) is 1. The van der Waals surface area contributed by atoms with Gasteiger partial charge in [-0.2, -0.15) is 0 Å². The Balaban J connectivity index is 1.85. The van der Waals surface area contributed by atoms with Gasteiger partial charge in [0.15, 0.2) is 0 Å². The number of nitrogens with zero attached hydrogens (tertiary/aromatic N) is 1. The van der Waals surface area contributed by atoms with Crippen LogP contribution in [-0.4, -0.2) is 30.9 Å². The highest BCUT2D eigenvalue weighted by Gasteiger charge is 2.33. The molecule has 3 nitrogen and oxygen atoms in total. The van der Waals surface area contributed by atoms with E-state index in [0.29, 0.717) is 12.5 Å². The maximum atomic E-state index is 12.4. The van der Waals surface area contributed by atoms with Crippen molar-refractivity contribution in [3.8, 4) is 0 Å². The summed E-state index contributed by atoms with van der Waals surface area (Å²) in [5.74, 6) is 0.835. The summed E-state index contributed by atoms with van der Waals surface area (Å²) in [7, 11) is 1.91. The second-order valence-electron chi connectivity index (χ2n) is 5.53. The van der Waals surface area contributed by atoms with Crippen molar-refractivity contribution < 1.29 is 4.79 Å². The normalized spacial score (nSPS) is 22.4. The second kappa shape index (κ2) is 6.71. The topological polar surface area (TPSA) is 46.3 Å². The summed E-state index contributed by atoms with van der Waals surface area (Å²) in [4.78, 5) is 14.3. The molecule has 0 heterocycles. The van der Waals surface area contributed by atoms with Crippen LogP contribution in [0.4, 0.5) is 0 Å². The average molecular weight is 260 g/mol. The molecule has 0 spiro atoms. The van der Waals surface area contributed by atoms with E-state index in [0.717, 1.165) is 32.2 Å². The van der Waals surface area contributed by atoms with Gasteiger partial charge >= 0.3 is 0 Å². The molecule has 1 amide bonds. The molecular weight excluding hydrogens is 236 g/mol. The zero-order valence-corrected chi connectivity index (χ0v) is 11.7. The summed E-state index contributed by atoms with van der Waals surface area (Å²) in [6.07, 6.45) is 4.18. The van der Waals surface area contributed by atoms with Gasteiger partial charge in [-0.05, 0) is 37.3 Å². The van der Waals surface area contributed by atoms with Crippen LogP contribution in [-0.2, 0) is 11.2 Å². The fourth-order valence-corrected chi connectivity index (χ4v) is 2.98. The van der Waals surface area contributed by atoms with Gasteiger partial charge in [0.05, 0.1) is 0 Å². The van der Waals surface area contributed by atoms with Gasteiger partial charge in [-0.15, -0.1) is 0 Å². The Morgan fingerprint density at radius 1 is 1.32 bits per heavy atom. The standard InChI is InChI=1S/C16H24N2O/c1-18(11-10-13-6-3-2-4-7-13)16(19)15-9-5-8-14(15)12-17/h2-4,6-7,14-15H,5,8-12,17H2,1H3. The second-order valence-corrected chi connectivity index (χ2v) is 5.53. The van der Waals surface area contributed by atoms with Crippen molar-refractivity contribution in [1.29, 1.82) is 0 Å². The Morgan fingerprint density at radius 3 is 2.74 bits per heavy atom. The summed E-state index contributed by atoms with van der Waals surface area (Å²) >= 11 is 0. The Bertz CT molecular complexity index is 404. The zero-order valence-electron chi connectivity index (χ0n) is 11.7. The van der Waals surface area contributed by atoms with Gasteiger partial charge in [-0.25, -0.2) is 0 Å². The highest BCUT2D eigenvalue weighted by Crippen LogP contribution is 2.32. The molecule has 2 rings (SSSR count). The molecule has 19 heavy (non-hydrogen) atoms. The van der Waals surface area contributed by atoms with Crippen molar-refractivity contribution in [1.82, 2.24) is 4.90 Å². The van der Waals surface area contributed by atoms with Crippen LogP contribution in [0, 0.1) is 11.8 Å². The predicted molar refractivity (Wildman–Crippen MR) is 77.7 cm³/mol. The molecule has 2 unspecified atom stereocenters. The molecule has 1 fully saturated rings. The number of hydrogen-bond donors (Lipinski definition) is 1. The molecule has 2 atom stereocenters. The maximum absolute atomic E-state index is 12.4. The van der Waals surface area contributed by atoms with Gasteiger partial charge in [-0.3, -0.25) is 4.79 Å². The quantitative estimate of drug-likeness (QED) is 0.881. The Morgan fingerprint density at radius 2 is 2.05 bits per heavy atom. The first kappa shape index (κ1) is 14.1. The van der Waals surface area contributed by atoms with Crippen LogP contribution in [0.15, 0.2) is 30.3 Å². The minimum absolute atomic E-state index is 0.158. The maximum Gasteiger partial charge on any atom is 0.225 e. The van der Waals surface area contributed by atoms with Crippen LogP contribution < -0.4 is 5.73 Å².